The van der Waals surface area contributed by atoms with Crippen molar-refractivity contribution in [1.82, 2.24) is 10.3 Å². The predicted molar refractivity (Wildman–Crippen MR) is 71.5 cm³/mol. The summed E-state index contributed by atoms with van der Waals surface area (Å²) in [6, 6.07) is 1.44. The smallest absolute Gasteiger partial charge is 0.253 e. The zero-order chi connectivity index (χ0) is 13.5. The van der Waals surface area contributed by atoms with Crippen LogP contribution >= 0.6 is 11.6 Å². The number of aliphatic hydroxyl groups is 1. The summed E-state index contributed by atoms with van der Waals surface area (Å²) in [6.45, 7) is 2.65. The number of hydrogen-bond acceptors (Lipinski definition) is 4. The fourth-order valence-electron chi connectivity index (χ4n) is 1.60. The van der Waals surface area contributed by atoms with E-state index in [4.69, 9.17) is 22.4 Å². The van der Waals surface area contributed by atoms with Crippen molar-refractivity contribution in [3.8, 4) is 0 Å². The molecule has 18 heavy (non-hydrogen) atoms. The first-order valence-electron chi connectivity index (χ1n) is 5.88. The van der Waals surface area contributed by atoms with E-state index in [1.54, 1.807) is 0 Å². The summed E-state index contributed by atoms with van der Waals surface area (Å²) in [5, 5.41) is 11.9. The van der Waals surface area contributed by atoms with E-state index in [1.807, 2.05) is 6.92 Å². The molecule has 0 saturated heterocycles. The van der Waals surface area contributed by atoms with Crippen molar-refractivity contribution in [3.05, 3.63) is 23.0 Å². The van der Waals surface area contributed by atoms with Gasteiger partial charge in [-0.1, -0.05) is 24.9 Å². The lowest BCUT2D eigenvalue weighted by Gasteiger charge is -2.14. The molecule has 1 unspecified atom stereocenters. The van der Waals surface area contributed by atoms with Crippen molar-refractivity contribution >= 4 is 23.2 Å². The monoisotopic (exact) mass is 271 g/mol. The van der Waals surface area contributed by atoms with Gasteiger partial charge in [-0.3, -0.25) is 4.79 Å². The topological polar surface area (TPSA) is 88.2 Å². The Bertz CT molecular complexity index is 412. The van der Waals surface area contributed by atoms with Crippen LogP contribution in [0.2, 0.25) is 5.15 Å². The standard InChI is InChI=1S/C12H18ClN3O2/c1-2-8(3-4-17)6-16-12(18)9-5-11(13)15-7-10(9)14/h5,7-8,17H,2-4,6,14H2,1H3,(H,16,18). The number of nitrogens with one attached hydrogen (secondary N) is 1. The summed E-state index contributed by atoms with van der Waals surface area (Å²) in [7, 11) is 0. The molecule has 0 aliphatic heterocycles. The first kappa shape index (κ1) is 14.7. The SMILES string of the molecule is CCC(CCO)CNC(=O)c1cc(Cl)ncc1N. The van der Waals surface area contributed by atoms with Gasteiger partial charge in [-0.25, -0.2) is 4.98 Å². The molecular weight excluding hydrogens is 254 g/mol. The van der Waals surface area contributed by atoms with Gasteiger partial charge >= 0.3 is 0 Å². The molecule has 1 heterocycles. The zero-order valence-corrected chi connectivity index (χ0v) is 11.1. The van der Waals surface area contributed by atoms with E-state index < -0.39 is 0 Å². The molecule has 1 atom stereocenters. The number of rotatable bonds is 6. The summed E-state index contributed by atoms with van der Waals surface area (Å²) >= 11 is 5.72. The zero-order valence-electron chi connectivity index (χ0n) is 10.3. The molecule has 0 bridgehead atoms. The van der Waals surface area contributed by atoms with Gasteiger partial charge in [0.1, 0.15) is 5.15 Å². The molecule has 4 N–H and O–H groups in total. The molecule has 6 heteroatoms. The number of nitrogen functional groups attached to an aromatic ring is 1. The van der Waals surface area contributed by atoms with Crippen molar-refractivity contribution < 1.29 is 9.90 Å². The van der Waals surface area contributed by atoms with Crippen molar-refractivity contribution in [2.24, 2.45) is 5.92 Å². The molecular formula is C12H18ClN3O2. The van der Waals surface area contributed by atoms with Gasteiger partial charge in [-0.15, -0.1) is 0 Å². The van der Waals surface area contributed by atoms with E-state index in [1.165, 1.54) is 12.3 Å². The Labute approximate surface area is 111 Å². The summed E-state index contributed by atoms with van der Waals surface area (Å²) in [4.78, 5) is 15.7. The number of hydrogen-bond donors (Lipinski definition) is 3. The van der Waals surface area contributed by atoms with Gasteiger partial charge in [0.05, 0.1) is 17.4 Å². The van der Waals surface area contributed by atoms with E-state index in [-0.39, 0.29) is 23.6 Å². The predicted octanol–water partition coefficient (Wildman–Crippen LogP) is 1.46. The highest BCUT2D eigenvalue weighted by atomic mass is 35.5. The molecule has 0 saturated carbocycles. The quantitative estimate of drug-likeness (QED) is 0.684. The third kappa shape index (κ3) is 4.16. The molecule has 0 aliphatic rings. The van der Waals surface area contributed by atoms with Crippen LogP contribution < -0.4 is 11.1 Å². The van der Waals surface area contributed by atoms with Gasteiger partial charge in [-0.2, -0.15) is 0 Å². The lowest BCUT2D eigenvalue weighted by atomic mass is 10.0. The van der Waals surface area contributed by atoms with Crippen LogP contribution in [-0.2, 0) is 0 Å². The minimum Gasteiger partial charge on any atom is -0.397 e. The Morgan fingerprint density at radius 3 is 3.00 bits per heavy atom. The van der Waals surface area contributed by atoms with Gasteiger partial charge < -0.3 is 16.2 Å². The van der Waals surface area contributed by atoms with Gasteiger partial charge in [0.25, 0.3) is 5.91 Å². The van der Waals surface area contributed by atoms with Crippen LogP contribution in [0.4, 0.5) is 5.69 Å². The average molecular weight is 272 g/mol. The number of aromatic nitrogens is 1. The first-order chi connectivity index (χ1) is 8.58. The number of aliphatic hydroxyl groups excluding tert-OH is 1. The minimum absolute atomic E-state index is 0.123. The van der Waals surface area contributed by atoms with Gasteiger partial charge in [0.2, 0.25) is 0 Å². The average Bonchev–Trinajstić information content (AvgIpc) is 2.37. The van der Waals surface area contributed by atoms with Crippen molar-refractivity contribution in [1.29, 1.82) is 0 Å². The Morgan fingerprint density at radius 2 is 2.39 bits per heavy atom. The molecule has 1 rings (SSSR count). The number of halogens is 1. The third-order valence-corrected chi connectivity index (χ3v) is 3.02. The number of nitrogens with zero attached hydrogens (tertiary/aromatic N) is 1. The van der Waals surface area contributed by atoms with Crippen molar-refractivity contribution in [2.75, 3.05) is 18.9 Å². The maximum atomic E-state index is 11.9. The molecule has 0 spiro atoms. The fourth-order valence-corrected chi connectivity index (χ4v) is 1.76. The molecule has 5 nitrogen and oxygen atoms in total. The molecule has 0 aliphatic carbocycles. The second kappa shape index (κ2) is 7.18. The lowest BCUT2D eigenvalue weighted by molar-refractivity contribution is 0.0944. The molecule has 1 aromatic heterocycles. The van der Waals surface area contributed by atoms with Crippen LogP contribution in [0.5, 0.6) is 0 Å². The highest BCUT2D eigenvalue weighted by Crippen LogP contribution is 2.15. The number of anilines is 1. The molecule has 1 amide bonds. The molecule has 0 fully saturated rings. The van der Waals surface area contributed by atoms with E-state index in [9.17, 15) is 4.79 Å². The highest BCUT2D eigenvalue weighted by Gasteiger charge is 2.13. The normalized spacial score (nSPS) is 12.2. The summed E-state index contributed by atoms with van der Waals surface area (Å²) < 4.78 is 0. The fraction of sp³-hybridized carbons (Fsp3) is 0.500. The Morgan fingerprint density at radius 1 is 1.67 bits per heavy atom. The number of carbonyl (C=O) groups excluding carboxylic acids is 1. The Hall–Kier alpha value is -1.33. The van der Waals surface area contributed by atoms with Crippen molar-refractivity contribution in [3.63, 3.8) is 0 Å². The summed E-state index contributed by atoms with van der Waals surface area (Å²) in [5.74, 6) is -0.00864. The molecule has 0 radical (unpaired) electrons. The number of pyridine rings is 1. The number of carbonyl (C=O) groups is 1. The van der Waals surface area contributed by atoms with E-state index in [2.05, 4.69) is 10.3 Å². The van der Waals surface area contributed by atoms with Gasteiger partial charge in [0.15, 0.2) is 0 Å². The summed E-state index contributed by atoms with van der Waals surface area (Å²) in [5.41, 5.74) is 6.29. The minimum atomic E-state index is -0.270. The highest BCUT2D eigenvalue weighted by molar-refractivity contribution is 6.29. The maximum absolute atomic E-state index is 11.9. The van der Waals surface area contributed by atoms with Crippen LogP contribution in [0, 0.1) is 5.92 Å². The second-order valence-corrected chi connectivity index (χ2v) is 4.48. The van der Waals surface area contributed by atoms with Crippen molar-refractivity contribution in [2.45, 2.75) is 19.8 Å². The number of amides is 1. The molecule has 100 valence electrons. The third-order valence-electron chi connectivity index (χ3n) is 2.81. The van der Waals surface area contributed by atoms with Crippen LogP contribution in [0.1, 0.15) is 30.1 Å². The maximum Gasteiger partial charge on any atom is 0.253 e. The number of nitrogens with two attached hydrogens (primary N) is 1. The van der Waals surface area contributed by atoms with E-state index >= 15 is 0 Å². The van der Waals surface area contributed by atoms with Crippen LogP contribution in [0.3, 0.4) is 0 Å². The lowest BCUT2D eigenvalue weighted by Crippen LogP contribution is -2.30. The van der Waals surface area contributed by atoms with Gasteiger partial charge in [0, 0.05) is 13.2 Å². The van der Waals surface area contributed by atoms with Crippen LogP contribution in [0.15, 0.2) is 12.3 Å². The molecule has 1 aromatic rings. The Balaban J connectivity index is 2.62. The largest absolute Gasteiger partial charge is 0.397 e. The second-order valence-electron chi connectivity index (χ2n) is 4.09. The van der Waals surface area contributed by atoms with E-state index in [0.29, 0.717) is 24.2 Å². The van der Waals surface area contributed by atoms with Gasteiger partial charge in [-0.05, 0) is 18.4 Å². The first-order valence-corrected chi connectivity index (χ1v) is 6.26. The van der Waals surface area contributed by atoms with Crippen LogP contribution in [0.25, 0.3) is 0 Å². The van der Waals surface area contributed by atoms with Crippen LogP contribution in [-0.4, -0.2) is 29.1 Å². The molecule has 0 aromatic carbocycles. The summed E-state index contributed by atoms with van der Waals surface area (Å²) in [6.07, 6.45) is 2.93. The Kier molecular flexibility index (Phi) is 5.88. The van der Waals surface area contributed by atoms with E-state index in [0.717, 1.165) is 6.42 Å².